The van der Waals surface area contributed by atoms with Crippen molar-refractivity contribution in [2.45, 2.75) is 31.1 Å². The molecule has 0 aliphatic rings. The van der Waals surface area contributed by atoms with E-state index in [4.69, 9.17) is 5.73 Å². The Morgan fingerprint density at radius 3 is 2.21 bits per heavy atom. The number of carbonyl (C=O) groups excluding carboxylic acids is 2. The monoisotopic (exact) mass is 283 g/mol. The first-order chi connectivity index (χ1) is 8.86. The minimum absolute atomic E-state index is 0.00154. The second-order valence-corrected chi connectivity index (χ2v) is 6.27. The Hall–Kier alpha value is -1.69. The highest BCUT2D eigenvalue weighted by Crippen LogP contribution is 2.14. The van der Waals surface area contributed by atoms with Crippen molar-refractivity contribution in [3.8, 4) is 0 Å². The maximum atomic E-state index is 11.7. The minimum Gasteiger partial charge on any atom is -0.369 e. The normalized spacial score (nSPS) is 11.2. The number of unbranched alkanes of at least 4 members (excludes halogenated alkanes) is 1. The summed E-state index contributed by atoms with van der Waals surface area (Å²) < 4.78 is 23.4. The number of carbonyl (C=O) groups is 2. The molecule has 0 heterocycles. The number of amides is 1. The molecule has 5 nitrogen and oxygen atoms in total. The smallest absolute Gasteiger partial charge is 0.233 e. The van der Waals surface area contributed by atoms with Crippen molar-refractivity contribution in [3.05, 3.63) is 29.8 Å². The summed E-state index contributed by atoms with van der Waals surface area (Å²) >= 11 is 0. The van der Waals surface area contributed by atoms with Crippen LogP contribution in [0.15, 0.2) is 29.2 Å². The third-order valence-electron chi connectivity index (χ3n) is 2.63. The summed E-state index contributed by atoms with van der Waals surface area (Å²) in [5.74, 6) is -1.64. The number of benzene rings is 1. The topological polar surface area (TPSA) is 94.3 Å². The highest BCUT2D eigenvalue weighted by molar-refractivity contribution is 7.92. The zero-order chi connectivity index (χ0) is 14.5. The quantitative estimate of drug-likeness (QED) is 0.763. The highest BCUT2D eigenvalue weighted by atomic mass is 32.2. The number of hydrogen-bond acceptors (Lipinski definition) is 4. The fourth-order valence-electron chi connectivity index (χ4n) is 1.60. The molecule has 2 N–H and O–H groups in total. The maximum absolute atomic E-state index is 11.7. The first-order valence-electron chi connectivity index (χ1n) is 6.01. The molecule has 0 atom stereocenters. The molecule has 0 spiro atoms. The van der Waals surface area contributed by atoms with E-state index in [-0.39, 0.29) is 10.7 Å². The predicted molar refractivity (Wildman–Crippen MR) is 71.5 cm³/mol. The van der Waals surface area contributed by atoms with Crippen LogP contribution >= 0.6 is 0 Å². The standard InChI is InChI=1S/C13H17NO4S/c1-2-3-4-12(15)10-5-7-11(8-6-10)19(17,18)9-13(14)16/h5-8H,2-4,9H2,1H3,(H2,14,16). The lowest BCUT2D eigenvalue weighted by Crippen LogP contribution is -2.23. The third-order valence-corrected chi connectivity index (χ3v) is 4.28. The van der Waals surface area contributed by atoms with E-state index in [1.165, 1.54) is 24.3 Å². The molecule has 0 aliphatic carbocycles. The van der Waals surface area contributed by atoms with E-state index in [1.54, 1.807) is 0 Å². The molecule has 1 amide bonds. The van der Waals surface area contributed by atoms with Crippen LogP contribution in [0, 0.1) is 0 Å². The van der Waals surface area contributed by atoms with Crippen LogP contribution in [0.5, 0.6) is 0 Å². The van der Waals surface area contributed by atoms with Gasteiger partial charge in [-0.15, -0.1) is 0 Å². The van der Waals surface area contributed by atoms with Crippen LogP contribution < -0.4 is 5.73 Å². The first-order valence-corrected chi connectivity index (χ1v) is 7.66. The van der Waals surface area contributed by atoms with Crippen molar-refractivity contribution >= 4 is 21.5 Å². The van der Waals surface area contributed by atoms with Gasteiger partial charge in [-0.25, -0.2) is 8.42 Å². The molecule has 0 saturated carbocycles. The average molecular weight is 283 g/mol. The van der Waals surface area contributed by atoms with Gasteiger partial charge in [-0.05, 0) is 18.6 Å². The fraction of sp³-hybridized carbons (Fsp3) is 0.385. The molecule has 1 aromatic carbocycles. The number of hydrogen-bond donors (Lipinski definition) is 1. The van der Waals surface area contributed by atoms with Gasteiger partial charge in [0.25, 0.3) is 0 Å². The van der Waals surface area contributed by atoms with Crippen LogP contribution in [-0.2, 0) is 14.6 Å². The van der Waals surface area contributed by atoms with Crippen molar-refractivity contribution in [1.29, 1.82) is 0 Å². The molecule has 0 fully saturated rings. The van der Waals surface area contributed by atoms with Crippen molar-refractivity contribution in [3.63, 3.8) is 0 Å². The lowest BCUT2D eigenvalue weighted by atomic mass is 10.1. The summed E-state index contributed by atoms with van der Waals surface area (Å²) in [6.07, 6.45) is 2.18. The minimum atomic E-state index is -3.70. The molecular weight excluding hydrogens is 266 g/mol. The van der Waals surface area contributed by atoms with E-state index >= 15 is 0 Å². The van der Waals surface area contributed by atoms with Gasteiger partial charge < -0.3 is 5.73 Å². The number of primary amides is 1. The second-order valence-electron chi connectivity index (χ2n) is 4.28. The van der Waals surface area contributed by atoms with Gasteiger partial charge in [-0.1, -0.05) is 25.5 Å². The van der Waals surface area contributed by atoms with Gasteiger partial charge in [0, 0.05) is 12.0 Å². The summed E-state index contributed by atoms with van der Waals surface area (Å²) in [5.41, 5.74) is 5.35. The van der Waals surface area contributed by atoms with Gasteiger partial charge in [-0.2, -0.15) is 0 Å². The molecule has 1 aromatic rings. The number of Topliss-reactive ketones (excluding diaryl/α,β-unsaturated/α-hetero) is 1. The van der Waals surface area contributed by atoms with E-state index < -0.39 is 21.5 Å². The average Bonchev–Trinajstić information content (AvgIpc) is 2.34. The van der Waals surface area contributed by atoms with Gasteiger partial charge in [-0.3, -0.25) is 9.59 Å². The fourth-order valence-corrected chi connectivity index (χ4v) is 2.69. The summed E-state index contributed by atoms with van der Waals surface area (Å²) in [6, 6.07) is 5.59. The number of rotatable bonds is 7. The molecule has 0 unspecified atom stereocenters. The summed E-state index contributed by atoms with van der Waals surface area (Å²) in [5, 5.41) is 0. The number of ketones is 1. The highest BCUT2D eigenvalue weighted by Gasteiger charge is 2.17. The zero-order valence-corrected chi connectivity index (χ0v) is 11.6. The Bertz CT molecular complexity index is 561. The predicted octanol–water partition coefficient (Wildman–Crippen LogP) is 1.32. The summed E-state index contributed by atoms with van der Waals surface area (Å²) in [6.45, 7) is 1.99. The Labute approximate surface area is 112 Å². The Morgan fingerprint density at radius 2 is 1.74 bits per heavy atom. The Balaban J connectivity index is 2.87. The summed E-state index contributed by atoms with van der Waals surface area (Å²) in [7, 11) is -3.70. The van der Waals surface area contributed by atoms with Crippen molar-refractivity contribution in [1.82, 2.24) is 0 Å². The van der Waals surface area contributed by atoms with Gasteiger partial charge in [0.2, 0.25) is 5.91 Å². The SMILES string of the molecule is CCCCC(=O)c1ccc(S(=O)(=O)CC(N)=O)cc1. The number of nitrogens with two attached hydrogens (primary N) is 1. The van der Waals surface area contributed by atoms with E-state index in [2.05, 4.69) is 0 Å². The molecule has 0 aromatic heterocycles. The Morgan fingerprint density at radius 1 is 1.16 bits per heavy atom. The van der Waals surface area contributed by atoms with Crippen LogP contribution in [0.4, 0.5) is 0 Å². The molecule has 6 heteroatoms. The molecule has 104 valence electrons. The molecular formula is C13H17NO4S. The molecule has 0 aliphatic heterocycles. The van der Waals surface area contributed by atoms with Crippen molar-refractivity contribution < 1.29 is 18.0 Å². The molecule has 0 radical (unpaired) electrons. The van der Waals surface area contributed by atoms with Gasteiger partial charge in [0.1, 0.15) is 5.75 Å². The van der Waals surface area contributed by atoms with Gasteiger partial charge in [0.05, 0.1) is 4.90 Å². The lowest BCUT2D eigenvalue weighted by Gasteiger charge is -2.04. The molecule has 19 heavy (non-hydrogen) atoms. The van der Waals surface area contributed by atoms with Crippen molar-refractivity contribution in [2.75, 3.05) is 5.75 Å². The largest absolute Gasteiger partial charge is 0.369 e. The molecule has 0 saturated heterocycles. The maximum Gasteiger partial charge on any atom is 0.233 e. The second kappa shape index (κ2) is 6.47. The Kier molecular flexibility index (Phi) is 5.23. The van der Waals surface area contributed by atoms with Crippen LogP contribution in [0.2, 0.25) is 0 Å². The number of sulfone groups is 1. The van der Waals surface area contributed by atoms with Gasteiger partial charge in [0.15, 0.2) is 15.6 Å². The van der Waals surface area contributed by atoms with E-state index in [1.807, 2.05) is 6.92 Å². The first kappa shape index (κ1) is 15.4. The molecule has 0 bridgehead atoms. The lowest BCUT2D eigenvalue weighted by molar-refractivity contribution is -0.115. The van der Waals surface area contributed by atoms with E-state index in [0.29, 0.717) is 12.0 Å². The molecule has 1 rings (SSSR count). The van der Waals surface area contributed by atoms with Crippen molar-refractivity contribution in [2.24, 2.45) is 5.73 Å². The third kappa shape index (κ3) is 4.48. The van der Waals surface area contributed by atoms with Crippen LogP contribution in [-0.4, -0.2) is 25.9 Å². The van der Waals surface area contributed by atoms with E-state index in [0.717, 1.165) is 12.8 Å². The van der Waals surface area contributed by atoms with Crippen LogP contribution in [0.25, 0.3) is 0 Å². The van der Waals surface area contributed by atoms with Crippen LogP contribution in [0.3, 0.4) is 0 Å². The van der Waals surface area contributed by atoms with E-state index in [9.17, 15) is 18.0 Å². The van der Waals surface area contributed by atoms with Gasteiger partial charge >= 0.3 is 0 Å². The van der Waals surface area contributed by atoms with Crippen LogP contribution in [0.1, 0.15) is 36.5 Å². The summed E-state index contributed by atoms with van der Waals surface area (Å²) in [4.78, 5) is 22.4. The zero-order valence-electron chi connectivity index (χ0n) is 10.8.